The van der Waals surface area contributed by atoms with Gasteiger partial charge in [0.1, 0.15) is 22.6 Å². The van der Waals surface area contributed by atoms with Crippen LogP contribution in [0.3, 0.4) is 0 Å². The Balaban J connectivity index is 0.00000288. The van der Waals surface area contributed by atoms with Crippen molar-refractivity contribution in [1.82, 2.24) is 0 Å². The Hall–Kier alpha value is -1.91. The fourth-order valence-electron chi connectivity index (χ4n) is 1.68. The van der Waals surface area contributed by atoms with Gasteiger partial charge in [-0.2, -0.15) is 8.42 Å². The van der Waals surface area contributed by atoms with Crippen LogP contribution in [0.25, 0.3) is 0 Å². The van der Waals surface area contributed by atoms with Gasteiger partial charge >= 0.3 is 41.5 Å². The maximum Gasteiger partial charge on any atom is 1.00 e. The predicted octanol–water partition coefficient (Wildman–Crippen LogP) is -1.54. The molecule has 2 aromatic rings. The van der Waals surface area contributed by atoms with Crippen LogP contribution in [0.5, 0.6) is 11.5 Å². The van der Waals surface area contributed by atoms with E-state index in [2.05, 4.69) is 4.74 Å². The van der Waals surface area contributed by atoms with E-state index in [0.29, 0.717) is 6.07 Å². The third kappa shape index (κ3) is 4.56. The standard InChI is InChI=1S/C14H10O8S.Na.H/c15-11-4-2-1-3-9(11)13(17)22-14(18)10-7-8(23(19,20)21)5-6-12(10)16;;/h1-7,15-16H,(H,19,20,21);;/q;+1;-1. The molecule has 0 aliphatic rings. The van der Waals surface area contributed by atoms with Gasteiger partial charge in [-0.05, 0) is 30.3 Å². The molecule has 2 aromatic carbocycles. The Morgan fingerprint density at radius 2 is 1.46 bits per heavy atom. The molecule has 0 atom stereocenters. The van der Waals surface area contributed by atoms with Gasteiger partial charge in [0.25, 0.3) is 10.1 Å². The van der Waals surface area contributed by atoms with Crippen molar-refractivity contribution in [3.05, 3.63) is 53.6 Å². The van der Waals surface area contributed by atoms with Crippen LogP contribution < -0.4 is 29.6 Å². The smallest absolute Gasteiger partial charge is 1.00 e. The number of phenolic OH excluding ortho intramolecular Hbond substituents is 2. The van der Waals surface area contributed by atoms with E-state index in [1.807, 2.05) is 0 Å². The van der Waals surface area contributed by atoms with Crippen molar-refractivity contribution < 1.29 is 68.5 Å². The largest absolute Gasteiger partial charge is 1.00 e. The molecule has 10 heteroatoms. The normalized spacial score (nSPS) is 10.5. The molecular formula is C14H11NaO8S. The molecule has 0 aliphatic heterocycles. The van der Waals surface area contributed by atoms with Crippen molar-refractivity contribution in [2.24, 2.45) is 0 Å². The molecule has 2 rings (SSSR count). The molecule has 0 amide bonds. The van der Waals surface area contributed by atoms with Gasteiger partial charge < -0.3 is 16.4 Å². The van der Waals surface area contributed by atoms with Crippen LogP contribution in [0, 0.1) is 0 Å². The number of hydrogen-bond acceptors (Lipinski definition) is 7. The molecule has 8 nitrogen and oxygen atoms in total. The summed E-state index contributed by atoms with van der Waals surface area (Å²) >= 11 is 0. The van der Waals surface area contributed by atoms with Crippen LogP contribution >= 0.6 is 0 Å². The Labute approximate surface area is 160 Å². The fourth-order valence-corrected chi connectivity index (χ4v) is 2.19. The first-order valence-electron chi connectivity index (χ1n) is 6.05. The molecule has 0 spiro atoms. The number of esters is 2. The number of benzene rings is 2. The van der Waals surface area contributed by atoms with E-state index in [1.54, 1.807) is 0 Å². The number of phenols is 2. The summed E-state index contributed by atoms with van der Waals surface area (Å²) in [6.45, 7) is 0. The summed E-state index contributed by atoms with van der Waals surface area (Å²) in [7, 11) is -4.61. The van der Waals surface area contributed by atoms with Gasteiger partial charge in [0.2, 0.25) is 0 Å². The number of carbonyl (C=O) groups excluding carboxylic acids is 2. The summed E-state index contributed by atoms with van der Waals surface area (Å²) in [6.07, 6.45) is 0. The van der Waals surface area contributed by atoms with Gasteiger partial charge in [-0.1, -0.05) is 12.1 Å². The van der Waals surface area contributed by atoms with Gasteiger partial charge in [-0.3, -0.25) is 4.55 Å². The summed E-state index contributed by atoms with van der Waals surface area (Å²) in [5.74, 6) is -3.60. The molecule has 0 aliphatic carbocycles. The van der Waals surface area contributed by atoms with Crippen molar-refractivity contribution in [3.8, 4) is 11.5 Å². The van der Waals surface area contributed by atoms with Crippen LogP contribution in [0.15, 0.2) is 47.4 Å². The molecule has 0 saturated heterocycles. The first-order chi connectivity index (χ1) is 10.7. The molecule has 0 fully saturated rings. The summed E-state index contributed by atoms with van der Waals surface area (Å²) in [5.41, 5.74) is -0.921. The Bertz CT molecular complexity index is 897. The SMILES string of the molecule is O=C(OC(=O)c1cc(S(=O)(=O)O)ccc1O)c1ccccc1O.[H-].[Na+]. The van der Waals surface area contributed by atoms with Crippen LogP contribution in [-0.2, 0) is 14.9 Å². The molecule has 3 N–H and O–H groups in total. The third-order valence-electron chi connectivity index (χ3n) is 2.80. The van der Waals surface area contributed by atoms with Crippen molar-refractivity contribution in [1.29, 1.82) is 0 Å². The Kier molecular flexibility index (Phi) is 6.52. The molecule has 0 unspecified atom stereocenters. The zero-order valence-electron chi connectivity index (χ0n) is 13.3. The summed E-state index contributed by atoms with van der Waals surface area (Å²) in [5, 5.41) is 19.1. The van der Waals surface area contributed by atoms with Crippen molar-refractivity contribution in [2.75, 3.05) is 0 Å². The molecule has 122 valence electrons. The molecule has 0 bridgehead atoms. The number of carbonyl (C=O) groups is 2. The number of para-hydroxylation sites is 1. The molecule has 0 aromatic heterocycles. The quantitative estimate of drug-likeness (QED) is 0.258. The number of rotatable bonds is 3. The number of hydrogen-bond donors (Lipinski definition) is 3. The average Bonchev–Trinajstić information content (AvgIpc) is 2.46. The maximum atomic E-state index is 11.9. The second-order valence-corrected chi connectivity index (χ2v) is 5.77. The van der Waals surface area contributed by atoms with Crippen molar-refractivity contribution in [2.45, 2.75) is 4.90 Å². The van der Waals surface area contributed by atoms with Crippen LogP contribution in [-0.4, -0.2) is 35.1 Å². The predicted molar refractivity (Wildman–Crippen MR) is 76.9 cm³/mol. The van der Waals surface area contributed by atoms with E-state index in [4.69, 9.17) is 4.55 Å². The minimum atomic E-state index is -4.61. The van der Waals surface area contributed by atoms with E-state index in [9.17, 15) is 28.2 Å². The molecule has 24 heavy (non-hydrogen) atoms. The van der Waals surface area contributed by atoms with Crippen molar-refractivity contribution in [3.63, 3.8) is 0 Å². The van der Waals surface area contributed by atoms with E-state index in [1.165, 1.54) is 24.3 Å². The number of aromatic hydroxyl groups is 2. The molecule has 0 heterocycles. The first kappa shape index (κ1) is 20.1. The van der Waals surface area contributed by atoms with E-state index >= 15 is 0 Å². The van der Waals surface area contributed by atoms with E-state index in [0.717, 1.165) is 12.1 Å². The van der Waals surface area contributed by atoms with Crippen LogP contribution in [0.4, 0.5) is 0 Å². The second kappa shape index (κ2) is 7.77. The summed E-state index contributed by atoms with van der Waals surface area (Å²) in [4.78, 5) is 23.0. The Morgan fingerprint density at radius 3 is 2.04 bits per heavy atom. The van der Waals surface area contributed by atoms with Gasteiger partial charge in [-0.15, -0.1) is 0 Å². The Morgan fingerprint density at radius 1 is 0.917 bits per heavy atom. The first-order valence-corrected chi connectivity index (χ1v) is 7.49. The van der Waals surface area contributed by atoms with Gasteiger partial charge in [0.15, 0.2) is 0 Å². The van der Waals surface area contributed by atoms with Crippen LogP contribution in [0.1, 0.15) is 22.1 Å². The van der Waals surface area contributed by atoms with E-state index < -0.39 is 44.0 Å². The summed E-state index contributed by atoms with van der Waals surface area (Å²) < 4.78 is 35.5. The number of ether oxygens (including phenoxy) is 1. The molecule has 0 radical (unpaired) electrons. The fraction of sp³-hybridized carbons (Fsp3) is 0. The van der Waals surface area contributed by atoms with Crippen molar-refractivity contribution >= 4 is 22.1 Å². The molecule has 0 saturated carbocycles. The van der Waals surface area contributed by atoms with E-state index in [-0.39, 0.29) is 36.5 Å². The van der Waals surface area contributed by atoms with Gasteiger partial charge in [0, 0.05) is 0 Å². The third-order valence-corrected chi connectivity index (χ3v) is 3.64. The topological polar surface area (TPSA) is 138 Å². The zero-order chi connectivity index (χ0) is 17.2. The maximum absolute atomic E-state index is 11.9. The zero-order valence-corrected chi connectivity index (χ0v) is 15.1. The minimum absolute atomic E-state index is 0. The van der Waals surface area contributed by atoms with Crippen LogP contribution in [0.2, 0.25) is 0 Å². The summed E-state index contributed by atoms with van der Waals surface area (Å²) in [6, 6.07) is 7.67. The van der Waals surface area contributed by atoms with Gasteiger partial charge in [-0.25, -0.2) is 9.59 Å². The minimum Gasteiger partial charge on any atom is -1.00 e. The van der Waals surface area contributed by atoms with Gasteiger partial charge in [0.05, 0.1) is 4.90 Å². The molecular weight excluding hydrogens is 351 g/mol. The monoisotopic (exact) mass is 362 g/mol. The second-order valence-electron chi connectivity index (χ2n) is 4.35. The average molecular weight is 362 g/mol.